The van der Waals surface area contributed by atoms with Gasteiger partial charge in [-0.15, -0.1) is 0 Å². The summed E-state index contributed by atoms with van der Waals surface area (Å²) in [7, 11) is 0. The van der Waals surface area contributed by atoms with Gasteiger partial charge in [0.1, 0.15) is 5.58 Å². The van der Waals surface area contributed by atoms with E-state index < -0.39 is 0 Å². The highest BCUT2D eigenvalue weighted by Crippen LogP contribution is 2.27. The number of rotatable bonds is 3. The lowest BCUT2D eigenvalue weighted by molar-refractivity contribution is 0.603. The molecule has 0 radical (unpaired) electrons. The fraction of sp³-hybridized carbons (Fsp3) is 0.273. The third-order valence-electron chi connectivity index (χ3n) is 2.20. The average molecular weight is 254 g/mol. The molecule has 0 aliphatic rings. The molecule has 0 spiro atoms. The van der Waals surface area contributed by atoms with Crippen molar-refractivity contribution in [3.8, 4) is 0 Å². The predicted molar refractivity (Wildman–Crippen MR) is 61.3 cm³/mol. The van der Waals surface area contributed by atoms with Gasteiger partial charge in [-0.3, -0.25) is 0 Å². The van der Waals surface area contributed by atoms with Gasteiger partial charge in [-0.1, -0.05) is 19.1 Å². The van der Waals surface area contributed by atoms with Gasteiger partial charge in [0, 0.05) is 17.5 Å². The molecular formula is C11H12BrNO. The zero-order chi connectivity index (χ0) is 9.97. The van der Waals surface area contributed by atoms with Crippen LogP contribution in [0, 0.1) is 0 Å². The van der Waals surface area contributed by atoms with Crippen LogP contribution in [0.3, 0.4) is 0 Å². The Bertz CT molecular complexity index is 436. The number of hydrogen-bond acceptors (Lipinski definition) is 2. The maximum atomic E-state index is 5.49. The van der Waals surface area contributed by atoms with Gasteiger partial charge in [0.2, 0.25) is 0 Å². The molecule has 0 aliphatic carbocycles. The van der Waals surface area contributed by atoms with Crippen LogP contribution in [0.5, 0.6) is 0 Å². The highest BCUT2D eigenvalue weighted by molar-refractivity contribution is 9.10. The molecule has 0 amide bonds. The Balaban J connectivity index is 2.42. The van der Waals surface area contributed by atoms with Crippen LogP contribution in [-0.2, 0) is 6.54 Å². The largest absolute Gasteiger partial charge is 0.463 e. The molecule has 0 saturated heterocycles. The lowest BCUT2D eigenvalue weighted by atomic mass is 10.2. The van der Waals surface area contributed by atoms with Crippen LogP contribution in [0.15, 0.2) is 33.4 Å². The maximum Gasteiger partial charge on any atom is 0.148 e. The Hall–Kier alpha value is -0.800. The van der Waals surface area contributed by atoms with E-state index in [2.05, 4.69) is 34.2 Å². The monoisotopic (exact) mass is 253 g/mol. The van der Waals surface area contributed by atoms with Crippen LogP contribution in [0.1, 0.15) is 12.5 Å². The maximum absolute atomic E-state index is 5.49. The molecule has 0 bridgehead atoms. The van der Waals surface area contributed by atoms with E-state index in [1.807, 2.05) is 18.4 Å². The summed E-state index contributed by atoms with van der Waals surface area (Å²) in [6.07, 6.45) is 1.82. The van der Waals surface area contributed by atoms with Gasteiger partial charge in [-0.2, -0.15) is 0 Å². The third kappa shape index (κ3) is 1.70. The fourth-order valence-electron chi connectivity index (χ4n) is 1.47. The van der Waals surface area contributed by atoms with E-state index in [1.165, 1.54) is 10.9 Å². The number of nitrogens with one attached hydrogen (secondary N) is 1. The molecular weight excluding hydrogens is 242 g/mol. The standard InChI is InChI=1S/C11H12BrNO/c1-2-13-6-8-7-14-11-9(8)4-3-5-10(11)12/h3-5,7,13H,2,6H2,1H3. The summed E-state index contributed by atoms with van der Waals surface area (Å²) < 4.78 is 6.50. The molecule has 1 heterocycles. The molecule has 0 aliphatic heterocycles. The van der Waals surface area contributed by atoms with Crippen LogP contribution in [0.25, 0.3) is 11.0 Å². The van der Waals surface area contributed by atoms with Crippen LogP contribution in [0.4, 0.5) is 0 Å². The fourth-order valence-corrected chi connectivity index (χ4v) is 1.93. The Kier molecular flexibility index (Phi) is 2.89. The lowest BCUT2D eigenvalue weighted by Crippen LogP contribution is -2.11. The summed E-state index contributed by atoms with van der Waals surface area (Å²) in [5, 5.41) is 4.47. The molecule has 1 N–H and O–H groups in total. The quantitative estimate of drug-likeness (QED) is 0.909. The number of hydrogen-bond donors (Lipinski definition) is 1. The number of fused-ring (bicyclic) bond motifs is 1. The minimum absolute atomic E-state index is 0.861. The molecule has 2 nitrogen and oxygen atoms in total. The minimum atomic E-state index is 0.861. The van der Waals surface area contributed by atoms with E-state index in [-0.39, 0.29) is 0 Å². The van der Waals surface area contributed by atoms with Crippen molar-refractivity contribution in [2.75, 3.05) is 6.54 Å². The minimum Gasteiger partial charge on any atom is -0.463 e. The molecule has 0 atom stereocenters. The predicted octanol–water partition coefficient (Wildman–Crippen LogP) is 3.30. The molecule has 1 aromatic heterocycles. The van der Waals surface area contributed by atoms with Gasteiger partial charge in [0.25, 0.3) is 0 Å². The van der Waals surface area contributed by atoms with Gasteiger partial charge in [-0.05, 0) is 28.5 Å². The van der Waals surface area contributed by atoms with Gasteiger partial charge >= 0.3 is 0 Å². The highest BCUT2D eigenvalue weighted by atomic mass is 79.9. The van der Waals surface area contributed by atoms with Crippen LogP contribution >= 0.6 is 15.9 Å². The van der Waals surface area contributed by atoms with Crippen LogP contribution in [0.2, 0.25) is 0 Å². The first-order valence-electron chi connectivity index (χ1n) is 4.68. The summed E-state index contributed by atoms with van der Waals surface area (Å²) in [6, 6.07) is 6.09. The van der Waals surface area contributed by atoms with E-state index >= 15 is 0 Å². The molecule has 0 fully saturated rings. The third-order valence-corrected chi connectivity index (χ3v) is 2.82. The van der Waals surface area contributed by atoms with Gasteiger partial charge < -0.3 is 9.73 Å². The molecule has 0 saturated carbocycles. The summed E-state index contributed by atoms with van der Waals surface area (Å²) in [5.41, 5.74) is 2.14. The molecule has 14 heavy (non-hydrogen) atoms. The molecule has 3 heteroatoms. The number of benzene rings is 1. The smallest absolute Gasteiger partial charge is 0.148 e. The molecule has 1 aromatic carbocycles. The van der Waals surface area contributed by atoms with Gasteiger partial charge in [0.05, 0.1) is 10.7 Å². The summed E-state index contributed by atoms with van der Waals surface area (Å²) >= 11 is 3.46. The van der Waals surface area contributed by atoms with Crippen LogP contribution in [-0.4, -0.2) is 6.54 Å². The Morgan fingerprint density at radius 2 is 2.29 bits per heavy atom. The second-order valence-electron chi connectivity index (χ2n) is 3.16. The van der Waals surface area contributed by atoms with Crippen LogP contribution < -0.4 is 5.32 Å². The zero-order valence-electron chi connectivity index (χ0n) is 8.01. The average Bonchev–Trinajstić information content (AvgIpc) is 2.60. The second kappa shape index (κ2) is 4.15. The van der Waals surface area contributed by atoms with E-state index in [0.29, 0.717) is 0 Å². The van der Waals surface area contributed by atoms with Crippen molar-refractivity contribution in [2.45, 2.75) is 13.5 Å². The Morgan fingerprint density at radius 1 is 1.43 bits per heavy atom. The lowest BCUT2D eigenvalue weighted by Gasteiger charge is -1.98. The first-order chi connectivity index (χ1) is 6.83. The number of furan rings is 1. The van der Waals surface area contributed by atoms with Crippen molar-refractivity contribution in [1.29, 1.82) is 0 Å². The molecule has 2 rings (SSSR count). The van der Waals surface area contributed by atoms with Gasteiger partial charge in [0.15, 0.2) is 0 Å². The first kappa shape index (κ1) is 9.74. The zero-order valence-corrected chi connectivity index (χ0v) is 9.60. The van der Waals surface area contributed by atoms with Crippen molar-refractivity contribution >= 4 is 26.9 Å². The summed E-state index contributed by atoms with van der Waals surface area (Å²) in [6.45, 7) is 3.93. The Labute approximate surface area is 91.4 Å². The molecule has 2 aromatic rings. The second-order valence-corrected chi connectivity index (χ2v) is 4.01. The first-order valence-corrected chi connectivity index (χ1v) is 5.47. The normalized spacial score (nSPS) is 11.0. The van der Waals surface area contributed by atoms with Crippen molar-refractivity contribution in [1.82, 2.24) is 5.32 Å². The van der Waals surface area contributed by atoms with Crippen molar-refractivity contribution in [3.63, 3.8) is 0 Å². The van der Waals surface area contributed by atoms with Crippen molar-refractivity contribution in [2.24, 2.45) is 0 Å². The van der Waals surface area contributed by atoms with Crippen molar-refractivity contribution in [3.05, 3.63) is 34.5 Å². The van der Waals surface area contributed by atoms with Gasteiger partial charge in [-0.25, -0.2) is 0 Å². The van der Waals surface area contributed by atoms with E-state index in [0.717, 1.165) is 23.1 Å². The highest BCUT2D eigenvalue weighted by Gasteiger charge is 2.06. The topological polar surface area (TPSA) is 25.2 Å². The SMILES string of the molecule is CCNCc1coc2c(Br)cccc12. The Morgan fingerprint density at radius 3 is 3.07 bits per heavy atom. The molecule has 74 valence electrons. The van der Waals surface area contributed by atoms with E-state index in [1.54, 1.807) is 0 Å². The summed E-state index contributed by atoms with van der Waals surface area (Å²) in [5.74, 6) is 0. The number of para-hydroxylation sites is 1. The van der Waals surface area contributed by atoms with E-state index in [9.17, 15) is 0 Å². The van der Waals surface area contributed by atoms with Crippen molar-refractivity contribution < 1.29 is 4.42 Å². The molecule has 0 unspecified atom stereocenters. The van der Waals surface area contributed by atoms with E-state index in [4.69, 9.17) is 4.42 Å². The summed E-state index contributed by atoms with van der Waals surface area (Å²) in [4.78, 5) is 0. The number of halogens is 1.